The van der Waals surface area contributed by atoms with Crippen LogP contribution in [0.5, 0.6) is 0 Å². The van der Waals surface area contributed by atoms with Crippen LogP contribution >= 0.6 is 11.8 Å². The Hall–Kier alpha value is -1.81. The molecule has 0 saturated heterocycles. The second-order valence-corrected chi connectivity index (χ2v) is 5.48. The molecule has 0 spiro atoms. The van der Waals surface area contributed by atoms with Crippen LogP contribution in [-0.2, 0) is 20.7 Å². The van der Waals surface area contributed by atoms with Crippen LogP contribution in [0.4, 0.5) is 0 Å². The molecule has 1 heterocycles. The lowest BCUT2D eigenvalue weighted by Gasteiger charge is -2.25. The minimum Gasteiger partial charge on any atom is -0.465 e. The highest BCUT2D eigenvalue weighted by atomic mass is 32.2. The normalized spacial score (nSPS) is 17.5. The zero-order chi connectivity index (χ0) is 13.4. The first-order chi connectivity index (χ1) is 9.20. The first-order valence-electron chi connectivity index (χ1n) is 6.01. The van der Waals surface area contributed by atoms with E-state index in [1.165, 1.54) is 18.9 Å². The van der Waals surface area contributed by atoms with Crippen LogP contribution in [0.2, 0.25) is 0 Å². The molecule has 0 fully saturated rings. The molecule has 1 aromatic carbocycles. The molecule has 0 N–H and O–H groups in total. The van der Waals surface area contributed by atoms with Gasteiger partial charge in [-0.1, -0.05) is 36.0 Å². The van der Waals surface area contributed by atoms with Gasteiger partial charge in [-0.3, -0.25) is 4.79 Å². The number of benzene rings is 1. The number of ether oxygens (including phenoxy) is 1. The Morgan fingerprint density at radius 3 is 2.89 bits per heavy atom. The molecule has 19 heavy (non-hydrogen) atoms. The van der Waals surface area contributed by atoms with Crippen LogP contribution in [0.25, 0.3) is 0 Å². The van der Waals surface area contributed by atoms with Crippen molar-refractivity contribution in [2.45, 2.75) is 17.7 Å². The van der Waals surface area contributed by atoms with Gasteiger partial charge in [-0.25, -0.2) is 4.79 Å². The number of hydrogen-bond donors (Lipinski definition) is 0. The summed E-state index contributed by atoms with van der Waals surface area (Å²) in [5.41, 5.74) is 2.41. The molecule has 0 radical (unpaired) electrons. The number of hydrogen-bond acceptors (Lipinski definition) is 4. The van der Waals surface area contributed by atoms with E-state index in [1.54, 1.807) is 6.08 Å². The Labute approximate surface area is 115 Å². The molecule has 4 heteroatoms. The molecule has 2 aliphatic rings. The Balaban J connectivity index is 2.07. The van der Waals surface area contributed by atoms with Gasteiger partial charge in [0.1, 0.15) is 0 Å². The summed E-state index contributed by atoms with van der Waals surface area (Å²) >= 11 is 1.49. The van der Waals surface area contributed by atoms with Crippen molar-refractivity contribution in [1.82, 2.24) is 0 Å². The lowest BCUT2D eigenvalue weighted by Crippen LogP contribution is -2.19. The molecule has 1 aromatic rings. The quantitative estimate of drug-likeness (QED) is 0.737. The van der Waals surface area contributed by atoms with Crippen LogP contribution in [0, 0.1) is 0 Å². The van der Waals surface area contributed by atoms with Crippen molar-refractivity contribution in [1.29, 1.82) is 0 Å². The smallest absolute Gasteiger partial charge is 0.338 e. The predicted molar refractivity (Wildman–Crippen MR) is 72.8 cm³/mol. The highest BCUT2D eigenvalue weighted by Crippen LogP contribution is 2.44. The van der Waals surface area contributed by atoms with Crippen molar-refractivity contribution < 1.29 is 14.3 Å². The Bertz CT molecular complexity index is 641. The van der Waals surface area contributed by atoms with Gasteiger partial charge < -0.3 is 4.74 Å². The van der Waals surface area contributed by atoms with Gasteiger partial charge in [0.15, 0.2) is 5.78 Å². The Morgan fingerprint density at radius 1 is 1.32 bits per heavy atom. The zero-order valence-corrected chi connectivity index (χ0v) is 11.3. The number of allylic oxidation sites excluding steroid dienone is 2. The molecule has 0 atom stereocenters. The maximum atomic E-state index is 12.0. The zero-order valence-electron chi connectivity index (χ0n) is 10.4. The minimum atomic E-state index is -0.369. The van der Waals surface area contributed by atoms with Gasteiger partial charge in [0, 0.05) is 28.2 Å². The Kier molecular flexibility index (Phi) is 3.03. The fourth-order valence-electron chi connectivity index (χ4n) is 2.33. The molecular formula is C15H12O3S. The third-order valence-electron chi connectivity index (χ3n) is 3.30. The van der Waals surface area contributed by atoms with Gasteiger partial charge in [0.25, 0.3) is 0 Å². The standard InChI is InChI=1S/C15H12O3S/c1-18-15(17)10-6-7-12(16)11-8-9-4-2-3-5-13(9)19-14(10)11/h2-6H,7-8H2,1H3. The van der Waals surface area contributed by atoms with Crippen molar-refractivity contribution in [2.24, 2.45) is 0 Å². The fraction of sp³-hybridized carbons (Fsp3) is 0.200. The lowest BCUT2D eigenvalue weighted by molar-refractivity contribution is -0.135. The molecule has 1 aliphatic heterocycles. The van der Waals surface area contributed by atoms with Crippen LogP contribution in [0.3, 0.4) is 0 Å². The average molecular weight is 272 g/mol. The molecule has 0 aromatic heterocycles. The van der Waals surface area contributed by atoms with Gasteiger partial charge >= 0.3 is 5.97 Å². The summed E-state index contributed by atoms with van der Waals surface area (Å²) < 4.78 is 4.80. The van der Waals surface area contributed by atoms with Crippen molar-refractivity contribution in [3.05, 3.63) is 52.0 Å². The maximum Gasteiger partial charge on any atom is 0.338 e. The van der Waals surface area contributed by atoms with Crippen LogP contribution < -0.4 is 0 Å². The number of thioether (sulfide) groups is 1. The van der Waals surface area contributed by atoms with E-state index >= 15 is 0 Å². The highest BCUT2D eigenvalue weighted by Gasteiger charge is 2.31. The maximum absolute atomic E-state index is 12.0. The van der Waals surface area contributed by atoms with Crippen LogP contribution in [0.15, 0.2) is 51.3 Å². The molecule has 0 amide bonds. The highest BCUT2D eigenvalue weighted by molar-refractivity contribution is 8.03. The van der Waals surface area contributed by atoms with E-state index in [0.717, 1.165) is 20.9 Å². The summed E-state index contributed by atoms with van der Waals surface area (Å²) in [6.45, 7) is 0. The molecular weight excluding hydrogens is 260 g/mol. The van der Waals surface area contributed by atoms with E-state index in [-0.39, 0.29) is 18.2 Å². The first kappa shape index (κ1) is 12.2. The van der Waals surface area contributed by atoms with Gasteiger partial charge in [-0.15, -0.1) is 0 Å². The number of Topliss-reactive ketones (excluding diaryl/α,β-unsaturated/α-hetero) is 1. The summed E-state index contributed by atoms with van der Waals surface area (Å²) in [6.07, 6.45) is 2.56. The van der Waals surface area contributed by atoms with E-state index in [1.807, 2.05) is 24.3 Å². The van der Waals surface area contributed by atoms with Crippen LogP contribution in [0.1, 0.15) is 12.0 Å². The number of carbonyl (C=O) groups is 2. The third kappa shape index (κ3) is 2.02. The molecule has 0 saturated carbocycles. The summed E-state index contributed by atoms with van der Waals surface area (Å²) in [5, 5.41) is 0. The van der Waals surface area contributed by atoms with E-state index < -0.39 is 0 Å². The Morgan fingerprint density at radius 2 is 2.11 bits per heavy atom. The van der Waals surface area contributed by atoms with E-state index in [4.69, 9.17) is 4.74 Å². The number of rotatable bonds is 1. The van der Waals surface area contributed by atoms with E-state index in [2.05, 4.69) is 0 Å². The van der Waals surface area contributed by atoms with E-state index in [0.29, 0.717) is 12.0 Å². The molecule has 3 nitrogen and oxygen atoms in total. The monoisotopic (exact) mass is 272 g/mol. The third-order valence-corrected chi connectivity index (χ3v) is 4.59. The lowest BCUT2D eigenvalue weighted by atomic mass is 9.92. The number of carbonyl (C=O) groups excluding carboxylic acids is 2. The molecule has 0 unspecified atom stereocenters. The van der Waals surface area contributed by atoms with Gasteiger partial charge in [0.2, 0.25) is 0 Å². The number of esters is 1. The van der Waals surface area contributed by atoms with Crippen molar-refractivity contribution in [3.63, 3.8) is 0 Å². The number of fused-ring (bicyclic) bond motifs is 1. The first-order valence-corrected chi connectivity index (χ1v) is 6.83. The van der Waals surface area contributed by atoms with Crippen molar-refractivity contribution >= 4 is 23.5 Å². The summed E-state index contributed by atoms with van der Waals surface area (Å²) in [5.74, 6) is -0.267. The van der Waals surface area contributed by atoms with Crippen molar-refractivity contribution in [3.8, 4) is 0 Å². The van der Waals surface area contributed by atoms with Gasteiger partial charge in [-0.05, 0) is 11.6 Å². The van der Waals surface area contributed by atoms with Gasteiger partial charge in [-0.2, -0.15) is 0 Å². The average Bonchev–Trinajstić information content (AvgIpc) is 2.45. The summed E-state index contributed by atoms with van der Waals surface area (Å²) in [7, 11) is 1.36. The minimum absolute atomic E-state index is 0.102. The second kappa shape index (κ2) is 4.70. The molecule has 96 valence electrons. The largest absolute Gasteiger partial charge is 0.465 e. The van der Waals surface area contributed by atoms with E-state index in [9.17, 15) is 9.59 Å². The predicted octanol–water partition coefficient (Wildman–Crippen LogP) is 2.66. The summed E-state index contributed by atoms with van der Waals surface area (Å²) in [6, 6.07) is 7.96. The van der Waals surface area contributed by atoms with Crippen molar-refractivity contribution in [2.75, 3.05) is 7.11 Å². The molecule has 1 aliphatic carbocycles. The van der Waals surface area contributed by atoms with Gasteiger partial charge in [0.05, 0.1) is 12.7 Å². The fourth-order valence-corrected chi connectivity index (χ4v) is 3.55. The van der Waals surface area contributed by atoms with Crippen LogP contribution in [-0.4, -0.2) is 18.9 Å². The topological polar surface area (TPSA) is 43.4 Å². The molecule has 3 rings (SSSR count). The SMILES string of the molecule is COC(=O)C1=CCC(=O)C2=C1Sc1ccccc1C2. The number of ketones is 1. The number of methoxy groups -OCH3 is 1. The summed E-state index contributed by atoms with van der Waals surface area (Å²) in [4.78, 5) is 25.7. The molecule has 0 bridgehead atoms. The second-order valence-electron chi connectivity index (χ2n) is 4.43.